The SMILES string of the molecule is CC(C)(C)OC(=O)NCC1(F)CNC1.Cc1cc(-c2ncn(/C=C\C(=O)N3CC(F)(CCC(=O)OC(C)(C)C)C3)n2)cc(C(F)(F)F)c1.Cc1cc(-c2ncn(/C=C\C(=O)N3CC(F)(CN)C3)n2)cc(C(F)(F)F)c1.Cc1cc(-c2ncn(/C=C\C(=O)O)n2)cc(C(F)(F)F)c1. The van der Waals surface area contributed by atoms with Gasteiger partial charge in [-0.25, -0.2) is 51.8 Å². The van der Waals surface area contributed by atoms with Gasteiger partial charge in [0.1, 0.15) is 35.9 Å². The third-order valence-electron chi connectivity index (χ3n) is 13.5. The number of hydrogen-bond donors (Lipinski definition) is 4. The summed E-state index contributed by atoms with van der Waals surface area (Å²) in [5.74, 6) is -2.29. The lowest BCUT2D eigenvalue weighted by atomic mass is 9.91. The molecule has 3 saturated heterocycles. The number of likely N-dealkylation sites (tertiary alicyclic amines) is 2. The predicted molar refractivity (Wildman–Crippen MR) is 325 cm³/mol. The molecule has 0 atom stereocenters. The van der Waals surface area contributed by atoms with E-state index in [0.717, 1.165) is 53.4 Å². The molecule has 0 unspecified atom stereocenters. The Morgan fingerprint density at radius 3 is 1.22 bits per heavy atom. The minimum absolute atomic E-state index is 0.00884. The summed E-state index contributed by atoms with van der Waals surface area (Å²) in [4.78, 5) is 71.9. The molecule has 3 aliphatic heterocycles. The normalized spacial score (nSPS) is 15.8. The summed E-state index contributed by atoms with van der Waals surface area (Å²) >= 11 is 0. The maximum Gasteiger partial charge on any atom is 0.416 e. The molecule has 3 aliphatic rings. The molecule has 5 N–H and O–H groups in total. The Morgan fingerprint density at radius 1 is 0.552 bits per heavy atom. The summed E-state index contributed by atoms with van der Waals surface area (Å²) < 4.78 is 172. The maximum atomic E-state index is 14.7. The second kappa shape index (κ2) is 30.1. The standard InChI is InChI=1S/C23H26F4N4O3.C17H17F4N5O.C13H10F3N3O2.C9H17FN2O2/c1-15-9-16(11-17(10-15)23(25,26)27)20-28-14-31(29-20)8-6-18(32)30-12-22(24,13-30)7-5-19(33)34-21(2,3)4;1-11-4-12(6-13(5-11)17(19,20)21)15-23-10-26(24-15)3-2-14(27)25-8-16(18,7-22)9-25;1-8-4-9(6-10(5-8)13(14,15)16)12-17-7-19(18-12)3-2-11(20)21;1-8(2,3)14-7(13)12-6-9(10)4-11-5-9/h6,8-11,14H,5,7,12-13H2,1-4H3;2-6,10H,7-9,22H2,1H3;2-7H,1H3,(H,20,21);11H,4-6H2,1-3H3,(H,12,13)/b8-6-;2*3-2-;. The van der Waals surface area contributed by atoms with E-state index in [1.54, 1.807) is 62.3 Å². The number of aromatic nitrogens is 9. The first-order valence-corrected chi connectivity index (χ1v) is 29.1. The summed E-state index contributed by atoms with van der Waals surface area (Å²) in [6.45, 7) is 15.1. The molecule has 9 rings (SSSR count). The number of carboxylic acids is 1. The van der Waals surface area contributed by atoms with Crippen molar-refractivity contribution in [1.82, 2.24) is 64.7 Å². The van der Waals surface area contributed by atoms with E-state index in [1.807, 2.05) is 0 Å². The number of amides is 3. The van der Waals surface area contributed by atoms with Crippen LogP contribution in [0.2, 0.25) is 0 Å². The number of alkyl halides is 12. The van der Waals surface area contributed by atoms with Gasteiger partial charge in [-0.2, -0.15) is 39.5 Å². The van der Waals surface area contributed by atoms with Crippen LogP contribution in [0, 0.1) is 20.8 Å². The van der Waals surface area contributed by atoms with Gasteiger partial charge in [0.15, 0.2) is 28.8 Å². The number of benzene rings is 3. The van der Waals surface area contributed by atoms with Crippen molar-refractivity contribution in [3.05, 3.63) is 125 Å². The van der Waals surface area contributed by atoms with Crippen molar-refractivity contribution in [2.24, 2.45) is 5.73 Å². The van der Waals surface area contributed by atoms with E-state index < -0.39 is 93.3 Å². The number of nitrogens with zero attached hydrogens (tertiary/aromatic N) is 11. The molecule has 3 aromatic carbocycles. The third-order valence-corrected chi connectivity index (χ3v) is 13.5. The molecule has 3 fully saturated rings. The van der Waals surface area contributed by atoms with Crippen LogP contribution in [-0.4, -0.2) is 170 Å². The molecule has 34 heteroatoms. The number of aryl methyl sites for hydroxylation is 3. The highest BCUT2D eigenvalue weighted by atomic mass is 19.4. The van der Waals surface area contributed by atoms with Crippen LogP contribution < -0.4 is 16.4 Å². The minimum Gasteiger partial charge on any atom is -0.478 e. The number of nitrogens with one attached hydrogen (secondary N) is 2. The Kier molecular flexibility index (Phi) is 23.7. The van der Waals surface area contributed by atoms with Crippen LogP contribution >= 0.6 is 0 Å². The molecule has 0 saturated carbocycles. The summed E-state index contributed by atoms with van der Waals surface area (Å²) in [7, 11) is 0. The second-order valence-corrected chi connectivity index (χ2v) is 24.8. The largest absolute Gasteiger partial charge is 0.478 e. The molecule has 3 aromatic heterocycles. The van der Waals surface area contributed by atoms with Crippen LogP contribution in [0.25, 0.3) is 52.8 Å². The van der Waals surface area contributed by atoms with Crippen LogP contribution in [0.1, 0.15) is 87.8 Å². The molecule has 6 aromatic rings. The highest BCUT2D eigenvalue weighted by Crippen LogP contribution is 2.36. The molecule has 3 amide bonds. The third kappa shape index (κ3) is 23.2. The quantitative estimate of drug-likeness (QED) is 0.0423. The first kappa shape index (κ1) is 75.6. The molecule has 22 nitrogen and oxygen atoms in total. The van der Waals surface area contributed by atoms with E-state index in [0.29, 0.717) is 29.8 Å². The van der Waals surface area contributed by atoms with E-state index in [4.69, 9.17) is 20.3 Å². The topological polar surface area (TPSA) is 273 Å². The fourth-order valence-electron chi connectivity index (χ4n) is 8.95. The van der Waals surface area contributed by atoms with Crippen LogP contribution in [0.4, 0.5) is 57.5 Å². The Balaban J connectivity index is 0.000000211. The lowest BCUT2D eigenvalue weighted by Crippen LogP contribution is -2.63. The lowest BCUT2D eigenvalue weighted by molar-refractivity contribution is -0.157. The highest BCUT2D eigenvalue weighted by molar-refractivity contribution is 5.91. The second-order valence-electron chi connectivity index (χ2n) is 24.8. The summed E-state index contributed by atoms with van der Waals surface area (Å²) in [5, 5.41) is 25.7. The number of rotatable bonds is 15. The Morgan fingerprint density at radius 2 is 0.906 bits per heavy atom. The van der Waals surface area contributed by atoms with Crippen molar-refractivity contribution >= 4 is 48.4 Å². The van der Waals surface area contributed by atoms with E-state index in [2.05, 4.69) is 40.9 Å². The monoisotopic (exact) mass is 1370 g/mol. The minimum atomic E-state index is -4.49. The van der Waals surface area contributed by atoms with Crippen LogP contribution in [-0.2, 0) is 47.2 Å². The summed E-state index contributed by atoms with van der Waals surface area (Å²) in [6, 6.07) is 10.6. The molecule has 0 radical (unpaired) electrons. The van der Waals surface area contributed by atoms with E-state index in [9.17, 15) is 76.7 Å². The van der Waals surface area contributed by atoms with Gasteiger partial charge in [-0.3, -0.25) is 14.4 Å². The smallest absolute Gasteiger partial charge is 0.416 e. The van der Waals surface area contributed by atoms with Gasteiger partial charge in [-0.1, -0.05) is 0 Å². The number of carbonyl (C=O) groups is 5. The van der Waals surface area contributed by atoms with Crippen LogP contribution in [0.3, 0.4) is 0 Å². The van der Waals surface area contributed by atoms with Crippen LogP contribution in [0.15, 0.2) is 91.8 Å². The van der Waals surface area contributed by atoms with Gasteiger partial charge in [0.05, 0.1) is 49.4 Å². The fraction of sp³-hybridized carbons (Fsp3) is 0.435. The molecule has 96 heavy (non-hydrogen) atoms. The first-order valence-electron chi connectivity index (χ1n) is 29.1. The zero-order valence-electron chi connectivity index (χ0n) is 53.3. The predicted octanol–water partition coefficient (Wildman–Crippen LogP) is 10.3. The van der Waals surface area contributed by atoms with Gasteiger partial charge < -0.3 is 40.7 Å². The molecular formula is C62H70F12N14O8. The Labute approximate surface area is 542 Å². The van der Waals surface area contributed by atoms with Gasteiger partial charge in [-0.15, -0.1) is 15.3 Å². The van der Waals surface area contributed by atoms with Gasteiger partial charge in [0.2, 0.25) is 11.8 Å². The van der Waals surface area contributed by atoms with Crippen molar-refractivity contribution in [2.45, 2.75) is 122 Å². The molecule has 520 valence electrons. The van der Waals surface area contributed by atoms with Gasteiger partial charge in [0.25, 0.3) is 0 Å². The lowest BCUT2D eigenvalue weighted by Gasteiger charge is -2.44. The number of ether oxygens (including phenoxy) is 2. The number of carbonyl (C=O) groups excluding carboxylic acids is 4. The van der Waals surface area contributed by atoms with Crippen molar-refractivity contribution < 1.29 is 91.2 Å². The van der Waals surface area contributed by atoms with Gasteiger partial charge in [-0.05, 0) is 140 Å². The number of halogens is 12. The van der Waals surface area contributed by atoms with Crippen molar-refractivity contribution in [3.63, 3.8) is 0 Å². The van der Waals surface area contributed by atoms with Crippen LogP contribution in [0.5, 0.6) is 0 Å². The molecule has 0 aliphatic carbocycles. The Hall–Kier alpha value is -9.47. The average molecular weight is 1370 g/mol. The molecule has 0 bridgehead atoms. The summed E-state index contributed by atoms with van der Waals surface area (Å²) in [6.07, 6.45) is -3.44. The number of carboxylic acid groups (broad SMARTS) is 1. The Bertz CT molecular complexity index is 3830. The van der Waals surface area contributed by atoms with Crippen molar-refractivity contribution in [3.8, 4) is 34.2 Å². The van der Waals surface area contributed by atoms with Gasteiger partial charge in [0, 0.05) is 79.6 Å². The number of aliphatic carboxylic acids is 1. The zero-order chi connectivity index (χ0) is 71.6. The highest BCUT2D eigenvalue weighted by Gasteiger charge is 2.46. The number of esters is 1. The fourth-order valence-corrected chi connectivity index (χ4v) is 8.95. The van der Waals surface area contributed by atoms with Gasteiger partial charge >= 0.3 is 36.6 Å². The summed E-state index contributed by atoms with van der Waals surface area (Å²) in [5.41, 5.74) is -0.869. The van der Waals surface area contributed by atoms with Crippen molar-refractivity contribution in [1.29, 1.82) is 0 Å². The molecule has 0 spiro atoms. The average Bonchev–Trinajstić information content (AvgIpc) is 1.20. The number of alkyl carbamates (subject to hydrolysis) is 1. The maximum absolute atomic E-state index is 14.7. The molecular weight excluding hydrogens is 1300 g/mol. The number of hydrogen-bond acceptors (Lipinski definition) is 15. The van der Waals surface area contributed by atoms with E-state index in [-0.39, 0.29) is 86.3 Å². The molecule has 6 heterocycles. The number of nitrogens with two attached hydrogens (primary N) is 1. The van der Waals surface area contributed by atoms with E-state index in [1.165, 1.54) is 80.9 Å². The zero-order valence-corrected chi connectivity index (χ0v) is 53.3. The first-order chi connectivity index (χ1) is 44.3. The van der Waals surface area contributed by atoms with Crippen molar-refractivity contribution in [2.75, 3.05) is 52.4 Å². The van der Waals surface area contributed by atoms with E-state index >= 15 is 0 Å².